The quantitative estimate of drug-likeness (QED) is 0.634. The molecule has 0 bridgehead atoms. The lowest BCUT2D eigenvalue weighted by molar-refractivity contribution is 0.0733. The summed E-state index contributed by atoms with van der Waals surface area (Å²) in [4.78, 5) is 26.5. The largest absolute Gasteiger partial charge is 0.492 e. The van der Waals surface area contributed by atoms with Crippen LogP contribution in [0.5, 0.6) is 5.75 Å². The van der Waals surface area contributed by atoms with Gasteiger partial charge < -0.3 is 9.64 Å². The number of carbonyl (C=O) groups excluding carboxylic acids is 1. The molecule has 1 heterocycles. The summed E-state index contributed by atoms with van der Waals surface area (Å²) >= 11 is 0. The highest BCUT2D eigenvalue weighted by Crippen LogP contribution is 2.19. The number of hydrogen-bond donors (Lipinski definition) is 0. The zero-order valence-corrected chi connectivity index (χ0v) is 16.0. The lowest BCUT2D eigenvalue weighted by atomic mass is 10.1. The van der Waals surface area contributed by atoms with Gasteiger partial charge in [0.05, 0.1) is 12.6 Å². The van der Waals surface area contributed by atoms with Crippen LogP contribution in [0.15, 0.2) is 77.6 Å². The number of amides is 1. The number of para-hydroxylation sites is 1. The van der Waals surface area contributed by atoms with Gasteiger partial charge in [0.1, 0.15) is 18.1 Å². The van der Waals surface area contributed by atoms with E-state index in [9.17, 15) is 9.59 Å². The molecule has 0 fully saturated rings. The first-order valence-corrected chi connectivity index (χ1v) is 9.14. The number of ether oxygens (including phenoxy) is 1. The van der Waals surface area contributed by atoms with Crippen molar-refractivity contribution in [3.05, 3.63) is 94.4 Å². The standard InChI is InChI=1S/C22H23N3O3/c1-17(18-9-5-3-6-10-18)24(2)22(27)20-13-14-21(26)25(23-20)15-16-28-19-11-7-4-8-12-19/h3-14,17H,15-16H2,1-2H3/t17-/m0/s1. The molecule has 0 aliphatic rings. The first kappa shape index (κ1) is 19.4. The summed E-state index contributed by atoms with van der Waals surface area (Å²) in [7, 11) is 1.73. The molecule has 0 aliphatic heterocycles. The molecule has 0 radical (unpaired) electrons. The van der Waals surface area contributed by atoms with E-state index in [-0.39, 0.29) is 36.4 Å². The summed E-state index contributed by atoms with van der Waals surface area (Å²) in [6.45, 7) is 2.49. The van der Waals surface area contributed by atoms with Crippen molar-refractivity contribution in [2.75, 3.05) is 13.7 Å². The Morgan fingerprint density at radius 2 is 1.68 bits per heavy atom. The number of carbonyl (C=O) groups is 1. The van der Waals surface area contributed by atoms with Crippen LogP contribution in [0, 0.1) is 0 Å². The Hall–Kier alpha value is -3.41. The zero-order chi connectivity index (χ0) is 19.9. The lowest BCUT2D eigenvalue weighted by Gasteiger charge is -2.25. The number of benzene rings is 2. The Bertz CT molecular complexity index is 971. The van der Waals surface area contributed by atoms with Crippen LogP contribution in [0.3, 0.4) is 0 Å². The van der Waals surface area contributed by atoms with Crippen LogP contribution in [0.4, 0.5) is 0 Å². The normalized spacial score (nSPS) is 11.6. The molecule has 3 aromatic rings. The Labute approximate surface area is 164 Å². The van der Waals surface area contributed by atoms with Crippen molar-refractivity contribution < 1.29 is 9.53 Å². The van der Waals surface area contributed by atoms with Crippen molar-refractivity contribution in [1.29, 1.82) is 0 Å². The van der Waals surface area contributed by atoms with Crippen LogP contribution in [0.2, 0.25) is 0 Å². The molecule has 0 aliphatic carbocycles. The van der Waals surface area contributed by atoms with Crippen molar-refractivity contribution >= 4 is 5.91 Å². The van der Waals surface area contributed by atoms with Crippen molar-refractivity contribution in [2.24, 2.45) is 0 Å². The van der Waals surface area contributed by atoms with E-state index < -0.39 is 0 Å². The van der Waals surface area contributed by atoms with Gasteiger partial charge in [0, 0.05) is 13.1 Å². The number of aromatic nitrogens is 2. The summed E-state index contributed by atoms with van der Waals surface area (Å²) in [6.07, 6.45) is 0. The molecular formula is C22H23N3O3. The third kappa shape index (κ3) is 4.65. The summed E-state index contributed by atoms with van der Waals surface area (Å²) < 4.78 is 6.87. The Balaban J connectivity index is 1.69. The predicted molar refractivity (Wildman–Crippen MR) is 107 cm³/mol. The summed E-state index contributed by atoms with van der Waals surface area (Å²) in [5.74, 6) is 0.480. The minimum absolute atomic E-state index is 0.114. The molecular weight excluding hydrogens is 354 g/mol. The van der Waals surface area contributed by atoms with Gasteiger partial charge in [0.15, 0.2) is 0 Å². The first-order valence-electron chi connectivity index (χ1n) is 9.14. The molecule has 6 nitrogen and oxygen atoms in total. The van der Waals surface area contributed by atoms with Gasteiger partial charge in [0.25, 0.3) is 11.5 Å². The third-order valence-corrected chi connectivity index (χ3v) is 4.58. The van der Waals surface area contributed by atoms with E-state index >= 15 is 0 Å². The van der Waals surface area contributed by atoms with Crippen LogP contribution in [-0.4, -0.2) is 34.2 Å². The van der Waals surface area contributed by atoms with E-state index in [1.807, 2.05) is 67.6 Å². The Morgan fingerprint density at radius 3 is 2.36 bits per heavy atom. The molecule has 144 valence electrons. The van der Waals surface area contributed by atoms with E-state index in [4.69, 9.17) is 4.74 Å². The van der Waals surface area contributed by atoms with E-state index in [0.717, 1.165) is 11.3 Å². The summed E-state index contributed by atoms with van der Waals surface area (Å²) in [6, 6.07) is 21.8. The molecule has 0 spiro atoms. The molecule has 2 aromatic carbocycles. The van der Waals surface area contributed by atoms with Gasteiger partial charge in [-0.2, -0.15) is 5.10 Å². The van der Waals surface area contributed by atoms with Crippen LogP contribution in [-0.2, 0) is 6.54 Å². The number of rotatable bonds is 7. The fourth-order valence-electron chi connectivity index (χ4n) is 2.80. The minimum atomic E-state index is -0.271. The smallest absolute Gasteiger partial charge is 0.274 e. The molecule has 28 heavy (non-hydrogen) atoms. The number of nitrogens with zero attached hydrogens (tertiary/aromatic N) is 3. The molecule has 0 N–H and O–H groups in total. The monoisotopic (exact) mass is 377 g/mol. The van der Waals surface area contributed by atoms with Gasteiger partial charge >= 0.3 is 0 Å². The minimum Gasteiger partial charge on any atom is -0.492 e. The molecule has 1 atom stereocenters. The molecule has 0 saturated heterocycles. The average Bonchev–Trinajstić information content (AvgIpc) is 2.75. The van der Waals surface area contributed by atoms with E-state index in [1.165, 1.54) is 16.8 Å². The van der Waals surface area contributed by atoms with Gasteiger partial charge in [0.2, 0.25) is 0 Å². The van der Waals surface area contributed by atoms with Gasteiger partial charge in [-0.1, -0.05) is 48.5 Å². The summed E-state index contributed by atoms with van der Waals surface area (Å²) in [5, 5.41) is 4.23. The van der Waals surface area contributed by atoms with Crippen LogP contribution in [0.25, 0.3) is 0 Å². The fraction of sp³-hybridized carbons (Fsp3) is 0.227. The molecule has 1 amide bonds. The van der Waals surface area contributed by atoms with E-state index in [2.05, 4.69) is 5.10 Å². The van der Waals surface area contributed by atoms with Gasteiger partial charge in [-0.15, -0.1) is 0 Å². The van der Waals surface area contributed by atoms with Gasteiger partial charge in [-0.3, -0.25) is 9.59 Å². The van der Waals surface area contributed by atoms with E-state index in [1.54, 1.807) is 11.9 Å². The molecule has 3 rings (SSSR count). The molecule has 6 heteroatoms. The van der Waals surface area contributed by atoms with Crippen molar-refractivity contribution in [2.45, 2.75) is 19.5 Å². The fourth-order valence-corrected chi connectivity index (χ4v) is 2.80. The highest BCUT2D eigenvalue weighted by Gasteiger charge is 2.20. The second kappa shape index (κ2) is 8.99. The molecule has 0 unspecified atom stereocenters. The highest BCUT2D eigenvalue weighted by atomic mass is 16.5. The van der Waals surface area contributed by atoms with Crippen molar-refractivity contribution in [3.8, 4) is 5.75 Å². The first-order chi connectivity index (χ1) is 13.6. The maximum absolute atomic E-state index is 12.8. The number of hydrogen-bond acceptors (Lipinski definition) is 4. The Kier molecular flexibility index (Phi) is 6.22. The topological polar surface area (TPSA) is 64.4 Å². The second-order valence-corrected chi connectivity index (χ2v) is 6.44. The molecule has 0 saturated carbocycles. The average molecular weight is 377 g/mol. The van der Waals surface area contributed by atoms with Gasteiger partial charge in [-0.25, -0.2) is 4.68 Å². The van der Waals surface area contributed by atoms with Crippen molar-refractivity contribution in [3.63, 3.8) is 0 Å². The van der Waals surface area contributed by atoms with E-state index in [0.29, 0.717) is 0 Å². The SMILES string of the molecule is C[C@@H](c1ccccc1)N(C)C(=O)c1ccc(=O)n(CCOc2ccccc2)n1. The van der Waals surface area contributed by atoms with Crippen molar-refractivity contribution in [1.82, 2.24) is 14.7 Å². The van der Waals surface area contributed by atoms with Crippen LogP contribution in [0.1, 0.15) is 29.0 Å². The summed E-state index contributed by atoms with van der Waals surface area (Å²) in [5.41, 5.74) is 0.986. The van der Waals surface area contributed by atoms with Gasteiger partial charge in [-0.05, 0) is 30.7 Å². The molecule has 1 aromatic heterocycles. The van der Waals surface area contributed by atoms with Crippen LogP contribution < -0.4 is 10.3 Å². The van der Waals surface area contributed by atoms with Crippen LogP contribution >= 0.6 is 0 Å². The Morgan fingerprint density at radius 1 is 1.04 bits per heavy atom. The second-order valence-electron chi connectivity index (χ2n) is 6.44. The predicted octanol–water partition coefficient (Wildman–Crippen LogP) is 3.16. The maximum atomic E-state index is 12.8. The third-order valence-electron chi connectivity index (χ3n) is 4.58. The lowest BCUT2D eigenvalue weighted by Crippen LogP contribution is -2.33. The zero-order valence-electron chi connectivity index (χ0n) is 16.0. The highest BCUT2D eigenvalue weighted by molar-refractivity contribution is 5.92. The maximum Gasteiger partial charge on any atom is 0.274 e.